The van der Waals surface area contributed by atoms with Crippen LogP contribution in [0.3, 0.4) is 0 Å². The number of para-hydroxylation sites is 1. The van der Waals surface area contributed by atoms with Crippen LogP contribution in [0.5, 0.6) is 0 Å². The minimum atomic E-state index is -0.475. The van der Waals surface area contributed by atoms with Crippen molar-refractivity contribution in [2.75, 3.05) is 23.4 Å². The van der Waals surface area contributed by atoms with Crippen LogP contribution in [0, 0.1) is 5.82 Å². The molecule has 1 heterocycles. The molecule has 0 amide bonds. The Balaban J connectivity index is 1.48. The summed E-state index contributed by atoms with van der Waals surface area (Å²) in [6.45, 7) is 4.41. The van der Waals surface area contributed by atoms with E-state index in [1.54, 1.807) is 13.0 Å². The third-order valence-electron chi connectivity index (χ3n) is 5.76. The summed E-state index contributed by atoms with van der Waals surface area (Å²) in [5.74, 6) is -0.841. The van der Waals surface area contributed by atoms with Gasteiger partial charge in [-0.2, -0.15) is 0 Å². The van der Waals surface area contributed by atoms with Gasteiger partial charge in [0, 0.05) is 31.3 Å². The zero-order valence-electron chi connectivity index (χ0n) is 18.9. The molecule has 0 unspecified atom stereocenters. The van der Waals surface area contributed by atoms with Gasteiger partial charge in [0.15, 0.2) is 0 Å². The van der Waals surface area contributed by atoms with Crippen LogP contribution in [0.2, 0.25) is 0 Å². The van der Waals surface area contributed by atoms with Gasteiger partial charge in [0.05, 0.1) is 18.0 Å². The number of hydrogen-bond donors (Lipinski definition) is 1. The molecular formula is C28H29FN2O2. The molecule has 0 radical (unpaired) electrons. The number of hydrogen-bond acceptors (Lipinski definition) is 4. The summed E-state index contributed by atoms with van der Waals surface area (Å²) in [7, 11) is 0. The fourth-order valence-electron chi connectivity index (χ4n) is 4.20. The quantitative estimate of drug-likeness (QED) is 0.343. The van der Waals surface area contributed by atoms with E-state index in [1.165, 1.54) is 35.0 Å². The van der Waals surface area contributed by atoms with Crippen LogP contribution in [0.1, 0.15) is 35.6 Å². The fraction of sp³-hybridized carbons (Fsp3) is 0.250. The van der Waals surface area contributed by atoms with Gasteiger partial charge in [-0.15, -0.1) is 0 Å². The first-order chi connectivity index (χ1) is 16.1. The zero-order chi connectivity index (χ0) is 23.0. The number of fused-ring (bicyclic) bond motifs is 1. The molecule has 0 bridgehead atoms. The Kier molecular flexibility index (Phi) is 7.40. The Morgan fingerprint density at radius 1 is 1.09 bits per heavy atom. The van der Waals surface area contributed by atoms with Crippen LogP contribution < -0.4 is 10.2 Å². The number of anilines is 2. The molecule has 0 fully saturated rings. The molecule has 3 aromatic carbocycles. The normalized spacial score (nSPS) is 13.1. The number of benzene rings is 3. The zero-order valence-corrected chi connectivity index (χ0v) is 18.9. The van der Waals surface area contributed by atoms with Gasteiger partial charge in [0.25, 0.3) is 0 Å². The minimum absolute atomic E-state index is 0.294. The topological polar surface area (TPSA) is 41.6 Å². The van der Waals surface area contributed by atoms with Crippen molar-refractivity contribution in [3.8, 4) is 0 Å². The van der Waals surface area contributed by atoms with Gasteiger partial charge >= 0.3 is 5.97 Å². The van der Waals surface area contributed by atoms with E-state index in [1.807, 2.05) is 12.1 Å². The predicted octanol–water partition coefficient (Wildman–Crippen LogP) is 5.97. The third kappa shape index (κ3) is 5.80. The monoisotopic (exact) mass is 444 g/mol. The number of nitrogens with zero attached hydrogens (tertiary/aromatic N) is 1. The van der Waals surface area contributed by atoms with Crippen LogP contribution in [-0.2, 0) is 29.0 Å². The van der Waals surface area contributed by atoms with Crippen molar-refractivity contribution in [2.45, 2.75) is 32.9 Å². The predicted molar refractivity (Wildman–Crippen MR) is 132 cm³/mol. The van der Waals surface area contributed by atoms with E-state index in [0.29, 0.717) is 18.7 Å². The summed E-state index contributed by atoms with van der Waals surface area (Å²) in [5.41, 5.74) is 6.13. The van der Waals surface area contributed by atoms with E-state index < -0.39 is 5.97 Å². The Labute approximate surface area is 194 Å². The Morgan fingerprint density at radius 3 is 2.73 bits per heavy atom. The van der Waals surface area contributed by atoms with Crippen molar-refractivity contribution in [1.82, 2.24) is 0 Å². The first-order valence-corrected chi connectivity index (χ1v) is 11.4. The number of carbonyl (C=O) groups excluding carboxylic acids is 1. The molecule has 0 spiro atoms. The third-order valence-corrected chi connectivity index (χ3v) is 5.76. The van der Waals surface area contributed by atoms with Gasteiger partial charge in [-0.25, -0.2) is 9.18 Å². The maximum absolute atomic E-state index is 14.6. The van der Waals surface area contributed by atoms with Gasteiger partial charge < -0.3 is 15.0 Å². The molecule has 33 heavy (non-hydrogen) atoms. The van der Waals surface area contributed by atoms with Crippen molar-refractivity contribution in [3.05, 3.63) is 101 Å². The molecule has 1 aliphatic rings. The number of ether oxygens (including phenoxy) is 1. The van der Waals surface area contributed by atoms with Crippen LogP contribution in [0.15, 0.2) is 72.8 Å². The number of esters is 1. The summed E-state index contributed by atoms with van der Waals surface area (Å²) in [6, 6.07) is 21.9. The highest BCUT2D eigenvalue weighted by atomic mass is 19.1. The SMILES string of the molecule is CCOC(=O)C=Cc1ccc(CNc2cccc3c2N(Cc2ccccc2)CCC3)cc1F. The van der Waals surface area contributed by atoms with E-state index in [9.17, 15) is 9.18 Å². The summed E-state index contributed by atoms with van der Waals surface area (Å²) < 4.78 is 19.4. The van der Waals surface area contributed by atoms with Crippen LogP contribution in [0.25, 0.3) is 6.08 Å². The van der Waals surface area contributed by atoms with Crippen LogP contribution in [-0.4, -0.2) is 19.1 Å². The number of nitrogens with one attached hydrogen (secondary N) is 1. The van der Waals surface area contributed by atoms with E-state index in [-0.39, 0.29) is 5.82 Å². The highest BCUT2D eigenvalue weighted by Crippen LogP contribution is 2.36. The smallest absolute Gasteiger partial charge is 0.330 e. The second-order valence-corrected chi connectivity index (χ2v) is 8.12. The Morgan fingerprint density at radius 2 is 1.94 bits per heavy atom. The molecule has 0 saturated carbocycles. The maximum Gasteiger partial charge on any atom is 0.330 e. The van der Waals surface area contributed by atoms with E-state index in [0.717, 1.165) is 37.2 Å². The number of rotatable bonds is 8. The molecule has 4 nitrogen and oxygen atoms in total. The van der Waals surface area contributed by atoms with Crippen molar-refractivity contribution in [2.24, 2.45) is 0 Å². The largest absolute Gasteiger partial charge is 0.463 e. The summed E-state index contributed by atoms with van der Waals surface area (Å²) in [6.07, 6.45) is 4.89. The van der Waals surface area contributed by atoms with E-state index in [4.69, 9.17) is 4.74 Å². The second kappa shape index (κ2) is 10.8. The molecular weight excluding hydrogens is 415 g/mol. The Hall–Kier alpha value is -3.60. The molecule has 1 N–H and O–H groups in total. The fourth-order valence-corrected chi connectivity index (χ4v) is 4.20. The lowest BCUT2D eigenvalue weighted by atomic mass is 9.99. The van der Waals surface area contributed by atoms with Gasteiger partial charge in [0.1, 0.15) is 5.82 Å². The second-order valence-electron chi connectivity index (χ2n) is 8.12. The Bertz CT molecular complexity index is 1130. The molecule has 3 aromatic rings. The van der Waals surface area contributed by atoms with Crippen LogP contribution in [0.4, 0.5) is 15.8 Å². The first kappa shape index (κ1) is 22.6. The number of carbonyl (C=O) groups is 1. The van der Waals surface area contributed by atoms with E-state index in [2.05, 4.69) is 52.7 Å². The molecule has 0 aliphatic carbocycles. The molecule has 4 rings (SSSR count). The van der Waals surface area contributed by atoms with Crippen molar-refractivity contribution >= 4 is 23.4 Å². The molecule has 0 saturated heterocycles. The molecule has 5 heteroatoms. The van der Waals surface area contributed by atoms with Crippen molar-refractivity contribution in [1.29, 1.82) is 0 Å². The van der Waals surface area contributed by atoms with E-state index >= 15 is 0 Å². The summed E-state index contributed by atoms with van der Waals surface area (Å²) in [5, 5.41) is 3.52. The first-order valence-electron chi connectivity index (χ1n) is 11.4. The molecule has 0 aromatic heterocycles. The lowest BCUT2D eigenvalue weighted by molar-refractivity contribution is -0.137. The lowest BCUT2D eigenvalue weighted by Crippen LogP contribution is -2.29. The number of halogens is 1. The highest BCUT2D eigenvalue weighted by molar-refractivity contribution is 5.87. The summed E-state index contributed by atoms with van der Waals surface area (Å²) >= 11 is 0. The average Bonchev–Trinajstić information content (AvgIpc) is 2.83. The number of aryl methyl sites for hydroxylation is 1. The minimum Gasteiger partial charge on any atom is -0.463 e. The maximum atomic E-state index is 14.6. The van der Waals surface area contributed by atoms with Crippen LogP contribution >= 0.6 is 0 Å². The highest BCUT2D eigenvalue weighted by Gasteiger charge is 2.20. The van der Waals surface area contributed by atoms with Gasteiger partial charge in [-0.05, 0) is 54.7 Å². The van der Waals surface area contributed by atoms with Gasteiger partial charge in [-0.3, -0.25) is 0 Å². The average molecular weight is 445 g/mol. The summed E-state index contributed by atoms with van der Waals surface area (Å²) in [4.78, 5) is 13.9. The lowest BCUT2D eigenvalue weighted by Gasteiger charge is -2.33. The molecule has 170 valence electrons. The molecule has 0 atom stereocenters. The standard InChI is InChI=1S/C28H29FN2O2/c1-2-33-27(32)16-15-23-14-13-22(18-25(23)29)19-30-26-12-6-10-24-11-7-17-31(28(24)26)20-21-8-4-3-5-9-21/h3-6,8-10,12-16,18,30H,2,7,11,17,19-20H2,1H3. The molecule has 1 aliphatic heterocycles. The van der Waals surface area contributed by atoms with Gasteiger partial charge in [-0.1, -0.05) is 54.6 Å². The van der Waals surface area contributed by atoms with Crippen molar-refractivity contribution < 1.29 is 13.9 Å². The van der Waals surface area contributed by atoms with Crippen molar-refractivity contribution in [3.63, 3.8) is 0 Å². The van der Waals surface area contributed by atoms with Gasteiger partial charge in [0.2, 0.25) is 0 Å².